The molecule has 0 saturated carbocycles. The minimum absolute atomic E-state index is 0.174. The van der Waals surface area contributed by atoms with E-state index in [1.807, 2.05) is 30.3 Å². The van der Waals surface area contributed by atoms with Gasteiger partial charge in [-0.25, -0.2) is 0 Å². The van der Waals surface area contributed by atoms with Crippen LogP contribution in [0.1, 0.15) is 11.1 Å². The second-order valence-corrected chi connectivity index (χ2v) is 4.54. The van der Waals surface area contributed by atoms with Gasteiger partial charge in [0, 0.05) is 0 Å². The lowest BCUT2D eigenvalue weighted by molar-refractivity contribution is -0.105. The number of nitrogens with two attached hydrogens (primary N) is 2. The van der Waals surface area contributed by atoms with Crippen LogP contribution >= 0.6 is 0 Å². The van der Waals surface area contributed by atoms with Crippen molar-refractivity contribution in [2.45, 2.75) is 6.92 Å². The molecule has 0 unspecified atom stereocenters. The van der Waals surface area contributed by atoms with Crippen LogP contribution in [-0.2, 0) is 4.79 Å². The number of aryl methyl sites for hydroxylation is 1. The maximum absolute atomic E-state index is 10.8. The average molecular weight is 267 g/mol. The third-order valence-electron chi connectivity index (χ3n) is 3.11. The molecule has 0 fully saturated rings. The number of hydrazine groups is 1. The quantitative estimate of drug-likeness (QED) is 0.342. The first-order chi connectivity index (χ1) is 9.65. The van der Waals surface area contributed by atoms with Gasteiger partial charge in [0.05, 0.1) is 5.70 Å². The minimum atomic E-state index is 0.174. The van der Waals surface area contributed by atoms with Crippen LogP contribution in [0, 0.1) is 6.92 Å². The highest BCUT2D eigenvalue weighted by Crippen LogP contribution is 2.22. The van der Waals surface area contributed by atoms with Crippen molar-refractivity contribution in [3.05, 3.63) is 65.4 Å². The van der Waals surface area contributed by atoms with Gasteiger partial charge in [-0.3, -0.25) is 10.6 Å². The van der Waals surface area contributed by atoms with E-state index in [0.717, 1.165) is 16.7 Å². The van der Waals surface area contributed by atoms with Crippen LogP contribution in [0.5, 0.6) is 0 Å². The topological polar surface area (TPSA) is 81.1 Å². The molecule has 0 heterocycles. The summed E-state index contributed by atoms with van der Waals surface area (Å²) in [5, 5.41) is 0. The van der Waals surface area contributed by atoms with E-state index in [1.165, 1.54) is 5.56 Å². The Labute approximate surface area is 118 Å². The Morgan fingerprint density at radius 1 is 1.10 bits per heavy atom. The van der Waals surface area contributed by atoms with E-state index in [9.17, 15) is 4.79 Å². The molecular weight excluding hydrogens is 250 g/mol. The Balaban J connectivity index is 2.36. The number of hydrogen-bond acceptors (Lipinski definition) is 4. The summed E-state index contributed by atoms with van der Waals surface area (Å²) in [6.07, 6.45) is 0.601. The first-order valence-electron chi connectivity index (χ1n) is 6.24. The zero-order chi connectivity index (χ0) is 14.5. The van der Waals surface area contributed by atoms with Crippen molar-refractivity contribution in [1.82, 2.24) is 5.43 Å². The molecule has 0 amide bonds. The van der Waals surface area contributed by atoms with Crippen molar-refractivity contribution < 1.29 is 4.79 Å². The molecule has 4 heteroatoms. The van der Waals surface area contributed by atoms with E-state index in [1.54, 1.807) is 0 Å². The molecule has 20 heavy (non-hydrogen) atoms. The summed E-state index contributed by atoms with van der Waals surface area (Å²) in [6, 6.07) is 15.9. The lowest BCUT2D eigenvalue weighted by Gasteiger charge is -2.08. The Bertz CT molecular complexity index is 645. The van der Waals surface area contributed by atoms with Gasteiger partial charge in [0.25, 0.3) is 0 Å². The van der Waals surface area contributed by atoms with E-state index < -0.39 is 0 Å². The van der Waals surface area contributed by atoms with Crippen molar-refractivity contribution in [3.8, 4) is 11.1 Å². The fraction of sp³-hybridized carbons (Fsp3) is 0.0625. The van der Waals surface area contributed by atoms with Gasteiger partial charge in [-0.2, -0.15) is 0 Å². The SMILES string of the molecule is Cc1cccc(-c2ccc(/C(N)=C(\C=O)NN)cc2)c1. The molecule has 2 aromatic carbocycles. The number of aldehydes is 1. The zero-order valence-corrected chi connectivity index (χ0v) is 11.3. The van der Waals surface area contributed by atoms with Crippen molar-refractivity contribution in [2.75, 3.05) is 0 Å². The van der Waals surface area contributed by atoms with E-state index >= 15 is 0 Å². The summed E-state index contributed by atoms with van der Waals surface area (Å²) in [6.45, 7) is 2.06. The maximum atomic E-state index is 10.8. The number of hydrogen-bond donors (Lipinski definition) is 3. The Morgan fingerprint density at radius 3 is 2.35 bits per heavy atom. The largest absolute Gasteiger partial charge is 0.396 e. The fourth-order valence-corrected chi connectivity index (χ4v) is 2.00. The highest BCUT2D eigenvalue weighted by atomic mass is 16.1. The van der Waals surface area contributed by atoms with E-state index in [0.29, 0.717) is 12.0 Å². The van der Waals surface area contributed by atoms with Crippen LogP contribution in [0.3, 0.4) is 0 Å². The molecule has 5 N–H and O–H groups in total. The lowest BCUT2D eigenvalue weighted by Crippen LogP contribution is -2.25. The average Bonchev–Trinajstić information content (AvgIpc) is 2.48. The monoisotopic (exact) mass is 267 g/mol. The predicted octanol–water partition coefficient (Wildman–Crippen LogP) is 1.95. The van der Waals surface area contributed by atoms with Gasteiger partial charge in [-0.05, 0) is 23.6 Å². The lowest BCUT2D eigenvalue weighted by atomic mass is 10.0. The summed E-state index contributed by atoms with van der Waals surface area (Å²) in [4.78, 5) is 10.8. The molecule has 2 rings (SSSR count). The van der Waals surface area contributed by atoms with Crippen LogP contribution in [0.4, 0.5) is 0 Å². The first-order valence-corrected chi connectivity index (χ1v) is 6.24. The van der Waals surface area contributed by atoms with Crippen LogP contribution < -0.4 is 17.0 Å². The molecule has 0 aliphatic heterocycles. The normalized spacial score (nSPS) is 11.7. The molecule has 0 spiro atoms. The van der Waals surface area contributed by atoms with E-state index in [4.69, 9.17) is 11.6 Å². The van der Waals surface area contributed by atoms with Gasteiger partial charge in [0.1, 0.15) is 5.70 Å². The molecule has 4 nitrogen and oxygen atoms in total. The third-order valence-corrected chi connectivity index (χ3v) is 3.11. The standard InChI is InChI=1S/C16H17N3O/c1-11-3-2-4-14(9-11)12-5-7-13(8-6-12)16(17)15(10-20)19-18/h2-10,19H,17-18H2,1H3/b16-15-. The minimum Gasteiger partial charge on any atom is -0.396 e. The number of rotatable bonds is 4. The van der Waals surface area contributed by atoms with Gasteiger partial charge in [-0.1, -0.05) is 54.1 Å². The fourth-order valence-electron chi connectivity index (χ4n) is 2.00. The smallest absolute Gasteiger partial charge is 0.169 e. The van der Waals surface area contributed by atoms with Crippen LogP contribution in [0.2, 0.25) is 0 Å². The summed E-state index contributed by atoms with van der Waals surface area (Å²) in [5.74, 6) is 5.24. The van der Waals surface area contributed by atoms with Crippen molar-refractivity contribution >= 4 is 12.0 Å². The van der Waals surface area contributed by atoms with Gasteiger partial charge >= 0.3 is 0 Å². The van der Waals surface area contributed by atoms with Gasteiger partial charge in [0.2, 0.25) is 0 Å². The van der Waals surface area contributed by atoms with E-state index in [-0.39, 0.29) is 5.70 Å². The number of nitrogens with one attached hydrogen (secondary N) is 1. The molecule has 102 valence electrons. The van der Waals surface area contributed by atoms with Gasteiger partial charge in [-0.15, -0.1) is 0 Å². The molecule has 0 aliphatic rings. The van der Waals surface area contributed by atoms with Crippen molar-refractivity contribution in [3.63, 3.8) is 0 Å². The molecule has 0 radical (unpaired) electrons. The first kappa shape index (κ1) is 13.8. The number of allylic oxidation sites excluding steroid dienone is 1. The molecule has 2 aromatic rings. The molecule has 0 aromatic heterocycles. The summed E-state index contributed by atoms with van der Waals surface area (Å²) >= 11 is 0. The molecular formula is C16H17N3O. The Hall–Kier alpha value is -2.59. The van der Waals surface area contributed by atoms with Crippen molar-refractivity contribution in [1.29, 1.82) is 0 Å². The summed E-state index contributed by atoms with van der Waals surface area (Å²) < 4.78 is 0. The Morgan fingerprint density at radius 2 is 1.80 bits per heavy atom. The van der Waals surface area contributed by atoms with E-state index in [2.05, 4.69) is 30.5 Å². The third kappa shape index (κ3) is 2.87. The summed E-state index contributed by atoms with van der Waals surface area (Å²) in [7, 11) is 0. The summed E-state index contributed by atoms with van der Waals surface area (Å²) in [5.41, 5.74) is 12.9. The second-order valence-electron chi connectivity index (χ2n) is 4.54. The highest BCUT2D eigenvalue weighted by molar-refractivity contribution is 5.86. The maximum Gasteiger partial charge on any atom is 0.169 e. The zero-order valence-electron chi connectivity index (χ0n) is 11.3. The molecule has 0 saturated heterocycles. The molecule has 0 aliphatic carbocycles. The number of carbonyl (C=O) groups excluding carboxylic acids is 1. The predicted molar refractivity (Wildman–Crippen MR) is 81.1 cm³/mol. The molecule has 0 bridgehead atoms. The van der Waals surface area contributed by atoms with Crippen molar-refractivity contribution in [2.24, 2.45) is 11.6 Å². The number of benzene rings is 2. The van der Waals surface area contributed by atoms with Crippen LogP contribution in [0.15, 0.2) is 54.2 Å². The Kier molecular flexibility index (Phi) is 4.17. The van der Waals surface area contributed by atoms with Crippen LogP contribution in [0.25, 0.3) is 16.8 Å². The number of carbonyl (C=O) groups is 1. The second kappa shape index (κ2) is 6.04. The van der Waals surface area contributed by atoms with Gasteiger partial charge < -0.3 is 11.2 Å². The van der Waals surface area contributed by atoms with Gasteiger partial charge in [0.15, 0.2) is 6.29 Å². The molecule has 0 atom stereocenters. The van der Waals surface area contributed by atoms with Crippen LogP contribution in [-0.4, -0.2) is 6.29 Å². The highest BCUT2D eigenvalue weighted by Gasteiger charge is 2.05.